The summed E-state index contributed by atoms with van der Waals surface area (Å²) in [5, 5.41) is 12.4. The molecule has 1 aromatic rings. The molecule has 0 aliphatic carbocycles. The molecule has 0 amide bonds. The van der Waals surface area contributed by atoms with Crippen molar-refractivity contribution in [2.75, 3.05) is 25.0 Å². The third kappa shape index (κ3) is 3.47. The van der Waals surface area contributed by atoms with Crippen LogP contribution in [0.2, 0.25) is 0 Å². The summed E-state index contributed by atoms with van der Waals surface area (Å²) in [4.78, 5) is 13.6. The molecule has 1 aliphatic heterocycles. The molecule has 1 aliphatic rings. The Morgan fingerprint density at radius 3 is 2.84 bits per heavy atom. The van der Waals surface area contributed by atoms with Crippen LogP contribution in [0.3, 0.4) is 0 Å². The fraction of sp³-hybridized carbons (Fsp3) is 0.533. The van der Waals surface area contributed by atoms with E-state index < -0.39 is 5.97 Å². The molecule has 1 aromatic carbocycles. The van der Waals surface area contributed by atoms with Gasteiger partial charge in [0.2, 0.25) is 0 Å². The zero-order valence-corrected chi connectivity index (χ0v) is 11.6. The number of carboxylic acids is 1. The maximum atomic E-state index is 11.1. The van der Waals surface area contributed by atoms with Gasteiger partial charge in [0, 0.05) is 24.8 Å². The molecule has 0 saturated carbocycles. The van der Waals surface area contributed by atoms with Crippen LogP contribution in [0.1, 0.15) is 30.6 Å². The Bertz CT molecular complexity index is 446. The molecule has 2 N–H and O–H groups in total. The van der Waals surface area contributed by atoms with Crippen LogP contribution in [0.25, 0.3) is 0 Å². The van der Waals surface area contributed by atoms with Crippen molar-refractivity contribution in [2.45, 2.75) is 26.3 Å². The van der Waals surface area contributed by atoms with Crippen molar-refractivity contribution in [3.05, 3.63) is 29.8 Å². The molecule has 4 nitrogen and oxygen atoms in total. The SMILES string of the molecule is CC(C)N1CCC(CNc2ccccc2C(=O)O)C1. The van der Waals surface area contributed by atoms with Gasteiger partial charge in [0.1, 0.15) is 0 Å². The predicted octanol–water partition coefficient (Wildman–Crippen LogP) is 2.53. The normalized spacial score (nSPS) is 19.8. The second-order valence-corrected chi connectivity index (χ2v) is 5.48. The third-order valence-corrected chi connectivity index (χ3v) is 3.79. The van der Waals surface area contributed by atoms with Crippen LogP contribution < -0.4 is 5.32 Å². The number of hydrogen-bond acceptors (Lipinski definition) is 3. The van der Waals surface area contributed by atoms with Gasteiger partial charge >= 0.3 is 5.97 Å². The highest BCUT2D eigenvalue weighted by atomic mass is 16.4. The Balaban J connectivity index is 1.91. The second-order valence-electron chi connectivity index (χ2n) is 5.48. The number of rotatable bonds is 5. The average Bonchev–Trinajstić information content (AvgIpc) is 2.85. The Hall–Kier alpha value is -1.55. The molecule has 0 radical (unpaired) electrons. The summed E-state index contributed by atoms with van der Waals surface area (Å²) >= 11 is 0. The van der Waals surface area contributed by atoms with Gasteiger partial charge in [-0.15, -0.1) is 0 Å². The molecule has 1 atom stereocenters. The van der Waals surface area contributed by atoms with Crippen LogP contribution in [-0.4, -0.2) is 41.7 Å². The molecule has 19 heavy (non-hydrogen) atoms. The highest BCUT2D eigenvalue weighted by molar-refractivity contribution is 5.94. The minimum atomic E-state index is -0.877. The lowest BCUT2D eigenvalue weighted by Crippen LogP contribution is -2.29. The molecule has 0 bridgehead atoms. The number of likely N-dealkylation sites (tertiary alicyclic amines) is 1. The highest BCUT2D eigenvalue weighted by Gasteiger charge is 2.24. The van der Waals surface area contributed by atoms with Crippen molar-refractivity contribution in [3.63, 3.8) is 0 Å². The summed E-state index contributed by atoms with van der Waals surface area (Å²) < 4.78 is 0. The van der Waals surface area contributed by atoms with Crippen LogP contribution in [0, 0.1) is 5.92 Å². The van der Waals surface area contributed by atoms with E-state index in [2.05, 4.69) is 24.1 Å². The van der Waals surface area contributed by atoms with E-state index in [-0.39, 0.29) is 0 Å². The quantitative estimate of drug-likeness (QED) is 0.856. The van der Waals surface area contributed by atoms with Gasteiger partial charge in [-0.05, 0) is 44.9 Å². The first-order chi connectivity index (χ1) is 9.08. The van der Waals surface area contributed by atoms with Crippen LogP contribution >= 0.6 is 0 Å². The maximum Gasteiger partial charge on any atom is 0.337 e. The van der Waals surface area contributed by atoms with Gasteiger partial charge in [0.15, 0.2) is 0 Å². The van der Waals surface area contributed by atoms with E-state index in [0.29, 0.717) is 17.5 Å². The van der Waals surface area contributed by atoms with E-state index in [0.717, 1.165) is 25.3 Å². The molecule has 104 valence electrons. The van der Waals surface area contributed by atoms with Gasteiger partial charge in [0.25, 0.3) is 0 Å². The highest BCUT2D eigenvalue weighted by Crippen LogP contribution is 2.21. The van der Waals surface area contributed by atoms with Crippen molar-refractivity contribution < 1.29 is 9.90 Å². The van der Waals surface area contributed by atoms with E-state index in [1.54, 1.807) is 12.1 Å². The van der Waals surface area contributed by atoms with E-state index in [1.807, 2.05) is 12.1 Å². The van der Waals surface area contributed by atoms with Crippen LogP contribution in [-0.2, 0) is 0 Å². The Labute approximate surface area is 114 Å². The monoisotopic (exact) mass is 262 g/mol. The Kier molecular flexibility index (Phi) is 4.43. The number of carbonyl (C=O) groups is 1. The smallest absolute Gasteiger partial charge is 0.337 e. The fourth-order valence-corrected chi connectivity index (χ4v) is 2.58. The van der Waals surface area contributed by atoms with E-state index in [1.165, 1.54) is 6.42 Å². The van der Waals surface area contributed by atoms with Gasteiger partial charge in [0.05, 0.1) is 5.56 Å². The number of benzene rings is 1. The van der Waals surface area contributed by atoms with Crippen LogP contribution in [0.5, 0.6) is 0 Å². The summed E-state index contributed by atoms with van der Waals surface area (Å²) in [5.74, 6) is -0.275. The lowest BCUT2D eigenvalue weighted by atomic mass is 10.1. The molecule has 1 heterocycles. The van der Waals surface area contributed by atoms with Crippen molar-refractivity contribution >= 4 is 11.7 Å². The van der Waals surface area contributed by atoms with E-state index in [4.69, 9.17) is 5.11 Å². The summed E-state index contributed by atoms with van der Waals surface area (Å²) in [6.07, 6.45) is 1.18. The number of hydrogen-bond donors (Lipinski definition) is 2. The number of para-hydroxylation sites is 1. The predicted molar refractivity (Wildman–Crippen MR) is 76.7 cm³/mol. The summed E-state index contributed by atoms with van der Waals surface area (Å²) in [7, 11) is 0. The van der Waals surface area contributed by atoms with Gasteiger partial charge in [-0.1, -0.05) is 12.1 Å². The third-order valence-electron chi connectivity index (χ3n) is 3.79. The molecule has 2 rings (SSSR count). The summed E-state index contributed by atoms with van der Waals surface area (Å²) in [6, 6.07) is 7.68. The first-order valence-corrected chi connectivity index (χ1v) is 6.88. The van der Waals surface area contributed by atoms with Crippen molar-refractivity contribution in [1.82, 2.24) is 4.90 Å². The number of carboxylic acid groups (broad SMARTS) is 1. The molecule has 1 saturated heterocycles. The largest absolute Gasteiger partial charge is 0.478 e. The topological polar surface area (TPSA) is 52.6 Å². The van der Waals surface area contributed by atoms with Crippen LogP contribution in [0.15, 0.2) is 24.3 Å². The molecule has 1 unspecified atom stereocenters. The summed E-state index contributed by atoms with van der Waals surface area (Å²) in [5.41, 5.74) is 1.07. The van der Waals surface area contributed by atoms with Crippen LogP contribution in [0.4, 0.5) is 5.69 Å². The minimum absolute atomic E-state index is 0.348. The average molecular weight is 262 g/mol. The molecule has 1 fully saturated rings. The zero-order chi connectivity index (χ0) is 13.8. The first-order valence-electron chi connectivity index (χ1n) is 6.88. The lowest BCUT2D eigenvalue weighted by molar-refractivity contribution is 0.0698. The van der Waals surface area contributed by atoms with E-state index in [9.17, 15) is 4.79 Å². The van der Waals surface area contributed by atoms with E-state index >= 15 is 0 Å². The molecular weight excluding hydrogens is 240 g/mol. The lowest BCUT2D eigenvalue weighted by Gasteiger charge is -2.20. The standard InChI is InChI=1S/C15H22N2O2/c1-11(2)17-8-7-12(10-17)9-16-14-6-4-3-5-13(14)15(18)19/h3-6,11-12,16H,7-10H2,1-2H3,(H,18,19). The van der Waals surface area contributed by atoms with Crippen molar-refractivity contribution in [3.8, 4) is 0 Å². The number of anilines is 1. The number of aromatic carboxylic acids is 1. The van der Waals surface area contributed by atoms with Crippen molar-refractivity contribution in [1.29, 1.82) is 0 Å². The Morgan fingerprint density at radius 2 is 2.21 bits per heavy atom. The van der Waals surface area contributed by atoms with Gasteiger partial charge < -0.3 is 15.3 Å². The minimum Gasteiger partial charge on any atom is -0.478 e. The molecule has 0 spiro atoms. The van der Waals surface area contributed by atoms with Crippen molar-refractivity contribution in [2.24, 2.45) is 5.92 Å². The fourth-order valence-electron chi connectivity index (χ4n) is 2.58. The maximum absolute atomic E-state index is 11.1. The van der Waals surface area contributed by atoms with Gasteiger partial charge in [-0.25, -0.2) is 4.79 Å². The molecule has 4 heteroatoms. The second kappa shape index (κ2) is 6.06. The Morgan fingerprint density at radius 1 is 1.47 bits per heavy atom. The molecular formula is C15H22N2O2. The molecule has 0 aromatic heterocycles. The zero-order valence-electron chi connectivity index (χ0n) is 11.6. The van der Waals surface area contributed by atoms with Gasteiger partial charge in [-0.3, -0.25) is 0 Å². The summed E-state index contributed by atoms with van der Waals surface area (Å²) in [6.45, 7) is 7.52. The van der Waals surface area contributed by atoms with Gasteiger partial charge in [-0.2, -0.15) is 0 Å². The number of nitrogens with zero attached hydrogens (tertiary/aromatic N) is 1. The number of nitrogens with one attached hydrogen (secondary N) is 1. The first kappa shape index (κ1) is 13.9.